The molecule has 1 fully saturated rings. The molecule has 0 saturated carbocycles. The van der Waals surface area contributed by atoms with E-state index in [-0.39, 0.29) is 6.04 Å². The quantitative estimate of drug-likeness (QED) is 0.746. The van der Waals surface area contributed by atoms with Crippen LogP contribution in [0.5, 0.6) is 0 Å². The topological polar surface area (TPSA) is 35.6 Å². The van der Waals surface area contributed by atoms with Gasteiger partial charge in [0.05, 0.1) is 6.04 Å². The maximum Gasteiger partial charge on any atom is 0.240 e. The van der Waals surface area contributed by atoms with Crippen LogP contribution >= 0.6 is 0 Å². The SMILES string of the molecule is CCCN(CCN(C)C)C(=O)C1NCCC1C. The van der Waals surface area contributed by atoms with E-state index in [0.29, 0.717) is 11.8 Å². The molecule has 1 amide bonds. The highest BCUT2D eigenvalue weighted by atomic mass is 16.2. The number of nitrogens with one attached hydrogen (secondary N) is 1. The second-order valence-electron chi connectivity index (χ2n) is 5.33. The molecule has 4 nitrogen and oxygen atoms in total. The van der Waals surface area contributed by atoms with Crippen molar-refractivity contribution in [1.29, 1.82) is 0 Å². The van der Waals surface area contributed by atoms with E-state index in [4.69, 9.17) is 0 Å². The van der Waals surface area contributed by atoms with Crippen LogP contribution < -0.4 is 5.32 Å². The molecule has 2 unspecified atom stereocenters. The maximum absolute atomic E-state index is 12.4. The van der Waals surface area contributed by atoms with Gasteiger partial charge in [-0.25, -0.2) is 0 Å². The molecule has 1 aliphatic rings. The van der Waals surface area contributed by atoms with Gasteiger partial charge in [0, 0.05) is 19.6 Å². The fourth-order valence-electron chi connectivity index (χ4n) is 2.28. The van der Waals surface area contributed by atoms with Crippen molar-refractivity contribution in [3.63, 3.8) is 0 Å². The van der Waals surface area contributed by atoms with Gasteiger partial charge >= 0.3 is 0 Å². The average molecular weight is 241 g/mol. The summed E-state index contributed by atoms with van der Waals surface area (Å²) in [5, 5.41) is 3.33. The molecule has 100 valence electrons. The predicted octanol–water partition coefficient (Wildman–Crippen LogP) is 0.785. The fourth-order valence-corrected chi connectivity index (χ4v) is 2.28. The number of nitrogens with zero attached hydrogens (tertiary/aromatic N) is 2. The van der Waals surface area contributed by atoms with Gasteiger partial charge in [-0.1, -0.05) is 13.8 Å². The van der Waals surface area contributed by atoms with Gasteiger partial charge in [0.2, 0.25) is 5.91 Å². The molecule has 1 N–H and O–H groups in total. The number of likely N-dealkylation sites (N-methyl/N-ethyl adjacent to an activating group) is 1. The number of rotatable bonds is 6. The van der Waals surface area contributed by atoms with E-state index in [1.165, 1.54) is 0 Å². The zero-order chi connectivity index (χ0) is 12.8. The predicted molar refractivity (Wildman–Crippen MR) is 71.0 cm³/mol. The van der Waals surface area contributed by atoms with Crippen molar-refractivity contribution < 1.29 is 4.79 Å². The fraction of sp³-hybridized carbons (Fsp3) is 0.923. The summed E-state index contributed by atoms with van der Waals surface area (Å²) in [6.45, 7) is 7.92. The molecule has 0 aromatic rings. The molecular weight excluding hydrogens is 214 g/mol. The van der Waals surface area contributed by atoms with Crippen LogP contribution in [-0.4, -0.2) is 62.0 Å². The van der Waals surface area contributed by atoms with E-state index in [9.17, 15) is 4.79 Å². The summed E-state index contributed by atoms with van der Waals surface area (Å²) in [5.41, 5.74) is 0. The van der Waals surface area contributed by atoms with Gasteiger partial charge in [-0.15, -0.1) is 0 Å². The Morgan fingerprint density at radius 2 is 2.00 bits per heavy atom. The first-order chi connectivity index (χ1) is 8.06. The Kier molecular flexibility index (Phi) is 5.92. The van der Waals surface area contributed by atoms with Crippen molar-refractivity contribution in [2.24, 2.45) is 5.92 Å². The Labute approximate surface area is 105 Å². The Balaban J connectivity index is 2.53. The lowest BCUT2D eigenvalue weighted by Gasteiger charge is -2.28. The summed E-state index contributed by atoms with van der Waals surface area (Å²) in [6.07, 6.45) is 2.14. The number of carbonyl (C=O) groups excluding carboxylic acids is 1. The van der Waals surface area contributed by atoms with Crippen LogP contribution in [0.15, 0.2) is 0 Å². The monoisotopic (exact) mass is 241 g/mol. The third kappa shape index (κ3) is 4.28. The van der Waals surface area contributed by atoms with Crippen LogP contribution in [0, 0.1) is 5.92 Å². The molecule has 0 spiro atoms. The number of carbonyl (C=O) groups is 1. The summed E-state index contributed by atoms with van der Waals surface area (Å²) >= 11 is 0. The molecule has 0 bridgehead atoms. The smallest absolute Gasteiger partial charge is 0.240 e. The molecule has 1 saturated heterocycles. The third-order valence-electron chi connectivity index (χ3n) is 3.42. The first-order valence-corrected chi connectivity index (χ1v) is 6.73. The van der Waals surface area contributed by atoms with E-state index < -0.39 is 0 Å². The Morgan fingerprint density at radius 3 is 2.47 bits per heavy atom. The zero-order valence-electron chi connectivity index (χ0n) is 11.7. The van der Waals surface area contributed by atoms with Crippen molar-refractivity contribution in [3.8, 4) is 0 Å². The minimum absolute atomic E-state index is 0.0451. The molecule has 0 radical (unpaired) electrons. The summed E-state index contributed by atoms with van der Waals surface area (Å²) in [6, 6.07) is 0.0451. The molecule has 0 aliphatic carbocycles. The lowest BCUT2D eigenvalue weighted by atomic mass is 10.0. The van der Waals surface area contributed by atoms with Crippen LogP contribution in [-0.2, 0) is 4.79 Å². The summed E-state index contributed by atoms with van der Waals surface area (Å²) in [4.78, 5) is 16.5. The maximum atomic E-state index is 12.4. The summed E-state index contributed by atoms with van der Waals surface area (Å²) < 4.78 is 0. The van der Waals surface area contributed by atoms with Gasteiger partial charge < -0.3 is 15.1 Å². The molecule has 0 aromatic heterocycles. The van der Waals surface area contributed by atoms with E-state index in [1.54, 1.807) is 0 Å². The second kappa shape index (κ2) is 6.97. The van der Waals surface area contributed by atoms with E-state index >= 15 is 0 Å². The van der Waals surface area contributed by atoms with Crippen molar-refractivity contribution in [3.05, 3.63) is 0 Å². The highest BCUT2D eigenvalue weighted by molar-refractivity contribution is 5.82. The van der Waals surface area contributed by atoms with Gasteiger partial charge in [-0.05, 0) is 39.4 Å². The number of hydrogen-bond donors (Lipinski definition) is 1. The highest BCUT2D eigenvalue weighted by Gasteiger charge is 2.32. The van der Waals surface area contributed by atoms with Gasteiger partial charge in [-0.2, -0.15) is 0 Å². The molecule has 1 rings (SSSR count). The zero-order valence-corrected chi connectivity index (χ0v) is 11.7. The van der Waals surface area contributed by atoms with Crippen molar-refractivity contribution in [2.75, 3.05) is 40.3 Å². The molecule has 0 aromatic carbocycles. The Hall–Kier alpha value is -0.610. The Bertz CT molecular complexity index is 243. The largest absolute Gasteiger partial charge is 0.340 e. The van der Waals surface area contributed by atoms with Crippen molar-refractivity contribution in [1.82, 2.24) is 15.1 Å². The normalized spacial score (nSPS) is 24.3. The molecule has 1 aliphatic heterocycles. The molecule has 1 heterocycles. The summed E-state index contributed by atoms with van der Waals surface area (Å²) in [7, 11) is 4.09. The molecule has 2 atom stereocenters. The molecule has 17 heavy (non-hydrogen) atoms. The lowest BCUT2D eigenvalue weighted by molar-refractivity contribution is -0.134. The van der Waals surface area contributed by atoms with Gasteiger partial charge in [0.25, 0.3) is 0 Å². The highest BCUT2D eigenvalue weighted by Crippen LogP contribution is 2.16. The molecule has 4 heteroatoms. The number of hydrogen-bond acceptors (Lipinski definition) is 3. The molecular formula is C13H27N3O. The van der Waals surface area contributed by atoms with Crippen LogP contribution in [0.1, 0.15) is 26.7 Å². The first kappa shape index (κ1) is 14.5. The van der Waals surface area contributed by atoms with Gasteiger partial charge in [-0.3, -0.25) is 4.79 Å². The second-order valence-corrected chi connectivity index (χ2v) is 5.33. The Morgan fingerprint density at radius 1 is 1.29 bits per heavy atom. The number of amides is 1. The third-order valence-corrected chi connectivity index (χ3v) is 3.42. The van der Waals surface area contributed by atoms with Crippen LogP contribution in [0.3, 0.4) is 0 Å². The van der Waals surface area contributed by atoms with Gasteiger partial charge in [0.15, 0.2) is 0 Å². The average Bonchev–Trinajstić information content (AvgIpc) is 2.69. The minimum Gasteiger partial charge on any atom is -0.340 e. The van der Waals surface area contributed by atoms with Gasteiger partial charge in [0.1, 0.15) is 0 Å². The van der Waals surface area contributed by atoms with Crippen LogP contribution in [0.4, 0.5) is 0 Å². The van der Waals surface area contributed by atoms with E-state index in [0.717, 1.165) is 39.0 Å². The standard InChI is InChI=1S/C13H27N3O/c1-5-8-16(10-9-15(3)4)13(17)12-11(2)6-7-14-12/h11-12,14H,5-10H2,1-4H3. The van der Waals surface area contributed by atoms with E-state index in [2.05, 4.69) is 24.1 Å². The van der Waals surface area contributed by atoms with Crippen LogP contribution in [0.25, 0.3) is 0 Å². The lowest BCUT2D eigenvalue weighted by Crippen LogP contribution is -2.48. The summed E-state index contributed by atoms with van der Waals surface area (Å²) in [5.74, 6) is 0.764. The minimum atomic E-state index is 0.0451. The van der Waals surface area contributed by atoms with Crippen molar-refractivity contribution >= 4 is 5.91 Å². The van der Waals surface area contributed by atoms with Crippen LogP contribution in [0.2, 0.25) is 0 Å². The van der Waals surface area contributed by atoms with E-state index in [1.807, 2.05) is 19.0 Å². The van der Waals surface area contributed by atoms with Crippen molar-refractivity contribution in [2.45, 2.75) is 32.7 Å². The first-order valence-electron chi connectivity index (χ1n) is 6.73.